The van der Waals surface area contributed by atoms with E-state index < -0.39 is 0 Å². The van der Waals surface area contributed by atoms with Crippen LogP contribution in [0.3, 0.4) is 0 Å². The van der Waals surface area contributed by atoms with Gasteiger partial charge in [0.2, 0.25) is 11.7 Å². The van der Waals surface area contributed by atoms with Crippen LogP contribution < -0.4 is 5.32 Å². The second-order valence-electron chi connectivity index (χ2n) is 4.26. The molecule has 1 atom stereocenters. The molecule has 0 amide bonds. The van der Waals surface area contributed by atoms with Crippen LogP contribution in [0, 0.1) is 0 Å². The summed E-state index contributed by atoms with van der Waals surface area (Å²) in [6.45, 7) is 4.22. The highest BCUT2D eigenvalue weighted by molar-refractivity contribution is 5.54. The topological polar surface area (TPSA) is 51.0 Å². The summed E-state index contributed by atoms with van der Waals surface area (Å²) in [6.07, 6.45) is 1.96. The fourth-order valence-corrected chi connectivity index (χ4v) is 1.89. The van der Waals surface area contributed by atoms with Gasteiger partial charge < -0.3 is 9.84 Å². The molecule has 18 heavy (non-hydrogen) atoms. The summed E-state index contributed by atoms with van der Waals surface area (Å²) in [6, 6.07) is 8.39. The van der Waals surface area contributed by atoms with Gasteiger partial charge in [-0.25, -0.2) is 0 Å². The van der Waals surface area contributed by atoms with Crippen LogP contribution in [0.5, 0.6) is 0 Å². The van der Waals surface area contributed by atoms with Crippen LogP contribution in [0.15, 0.2) is 28.8 Å². The first kappa shape index (κ1) is 12.8. The van der Waals surface area contributed by atoms with Gasteiger partial charge in [0.05, 0.1) is 6.04 Å². The van der Waals surface area contributed by atoms with Crippen molar-refractivity contribution in [3.63, 3.8) is 0 Å². The maximum Gasteiger partial charge on any atom is 0.244 e. The average molecular weight is 245 g/mol. The van der Waals surface area contributed by atoms with E-state index in [-0.39, 0.29) is 6.04 Å². The molecule has 0 fully saturated rings. The Morgan fingerprint density at radius 3 is 2.50 bits per heavy atom. The molecule has 1 N–H and O–H groups in total. The lowest BCUT2D eigenvalue weighted by Crippen LogP contribution is -2.15. The predicted molar refractivity (Wildman–Crippen MR) is 71.2 cm³/mol. The third-order valence-corrected chi connectivity index (χ3v) is 3.12. The molecular weight excluding hydrogens is 226 g/mol. The fourth-order valence-electron chi connectivity index (χ4n) is 1.89. The zero-order valence-corrected chi connectivity index (χ0v) is 11.1. The minimum atomic E-state index is 0.126. The van der Waals surface area contributed by atoms with Crippen LogP contribution in [0.2, 0.25) is 0 Å². The molecule has 0 spiro atoms. The second kappa shape index (κ2) is 5.78. The monoisotopic (exact) mass is 245 g/mol. The molecule has 0 bridgehead atoms. The zero-order chi connectivity index (χ0) is 13.0. The van der Waals surface area contributed by atoms with Gasteiger partial charge in [0.1, 0.15) is 0 Å². The van der Waals surface area contributed by atoms with E-state index in [2.05, 4.69) is 41.4 Å². The molecule has 1 heterocycles. The average Bonchev–Trinajstić information content (AvgIpc) is 2.90. The first-order valence-corrected chi connectivity index (χ1v) is 6.38. The van der Waals surface area contributed by atoms with E-state index in [1.807, 2.05) is 19.2 Å². The van der Waals surface area contributed by atoms with Gasteiger partial charge in [0.15, 0.2) is 0 Å². The molecule has 0 aliphatic rings. The Morgan fingerprint density at radius 1 is 1.22 bits per heavy atom. The van der Waals surface area contributed by atoms with Gasteiger partial charge in [-0.3, -0.25) is 0 Å². The van der Waals surface area contributed by atoms with Crippen LogP contribution in [0.4, 0.5) is 0 Å². The number of hydrogen-bond acceptors (Lipinski definition) is 4. The molecule has 0 radical (unpaired) electrons. The van der Waals surface area contributed by atoms with Crippen LogP contribution in [0.25, 0.3) is 11.4 Å². The van der Waals surface area contributed by atoms with Gasteiger partial charge in [-0.1, -0.05) is 43.3 Å². The lowest BCUT2D eigenvalue weighted by molar-refractivity contribution is 0.334. The lowest BCUT2D eigenvalue weighted by Gasteiger charge is -2.06. The summed E-state index contributed by atoms with van der Waals surface area (Å²) < 4.78 is 5.30. The standard InChI is InChI=1S/C14H19N3O/c1-4-10-6-8-11(9-7-10)13-16-14(18-17-13)12(5-2)15-3/h6-9,12,15H,4-5H2,1-3H3. The Morgan fingerprint density at radius 2 is 1.94 bits per heavy atom. The lowest BCUT2D eigenvalue weighted by atomic mass is 10.1. The highest BCUT2D eigenvalue weighted by Crippen LogP contribution is 2.20. The third-order valence-electron chi connectivity index (χ3n) is 3.12. The van der Waals surface area contributed by atoms with Crippen molar-refractivity contribution in [2.24, 2.45) is 0 Å². The number of nitrogens with zero attached hydrogens (tertiary/aromatic N) is 2. The number of rotatable bonds is 5. The Kier molecular flexibility index (Phi) is 4.10. The minimum absolute atomic E-state index is 0.126. The molecule has 2 rings (SSSR count). The summed E-state index contributed by atoms with van der Waals surface area (Å²) in [5, 5.41) is 7.19. The van der Waals surface area contributed by atoms with Gasteiger partial charge in [0, 0.05) is 5.56 Å². The number of aromatic nitrogens is 2. The number of aryl methyl sites for hydroxylation is 1. The Balaban J connectivity index is 2.23. The van der Waals surface area contributed by atoms with E-state index in [9.17, 15) is 0 Å². The smallest absolute Gasteiger partial charge is 0.244 e. The van der Waals surface area contributed by atoms with Gasteiger partial charge in [-0.15, -0.1) is 0 Å². The third kappa shape index (κ3) is 2.59. The van der Waals surface area contributed by atoms with Crippen molar-refractivity contribution in [3.05, 3.63) is 35.7 Å². The molecule has 1 aromatic carbocycles. The number of nitrogens with one attached hydrogen (secondary N) is 1. The number of benzene rings is 1. The summed E-state index contributed by atoms with van der Waals surface area (Å²) in [5.74, 6) is 1.30. The van der Waals surface area contributed by atoms with Crippen molar-refractivity contribution in [1.29, 1.82) is 0 Å². The molecule has 1 unspecified atom stereocenters. The predicted octanol–water partition coefficient (Wildman–Crippen LogP) is 2.97. The first-order chi connectivity index (χ1) is 8.78. The van der Waals surface area contributed by atoms with E-state index in [1.54, 1.807) is 0 Å². The van der Waals surface area contributed by atoms with Crippen LogP contribution in [0.1, 0.15) is 37.8 Å². The van der Waals surface area contributed by atoms with E-state index in [0.29, 0.717) is 11.7 Å². The van der Waals surface area contributed by atoms with Gasteiger partial charge >= 0.3 is 0 Å². The molecule has 0 aliphatic carbocycles. The van der Waals surface area contributed by atoms with E-state index in [4.69, 9.17) is 4.52 Å². The van der Waals surface area contributed by atoms with Crippen LogP contribution in [-0.2, 0) is 6.42 Å². The maximum absolute atomic E-state index is 5.30. The molecule has 96 valence electrons. The normalized spacial score (nSPS) is 12.6. The number of hydrogen-bond donors (Lipinski definition) is 1. The van der Waals surface area contributed by atoms with Crippen molar-refractivity contribution in [1.82, 2.24) is 15.5 Å². The molecule has 2 aromatic rings. The Bertz CT molecular complexity index is 486. The largest absolute Gasteiger partial charge is 0.337 e. The van der Waals surface area contributed by atoms with Gasteiger partial charge in [0.25, 0.3) is 0 Å². The zero-order valence-electron chi connectivity index (χ0n) is 11.1. The van der Waals surface area contributed by atoms with E-state index in [0.717, 1.165) is 18.4 Å². The second-order valence-corrected chi connectivity index (χ2v) is 4.26. The van der Waals surface area contributed by atoms with Crippen molar-refractivity contribution >= 4 is 0 Å². The molecule has 0 aliphatic heterocycles. The molecule has 0 saturated carbocycles. The van der Waals surface area contributed by atoms with E-state index in [1.165, 1.54) is 5.56 Å². The van der Waals surface area contributed by atoms with Gasteiger partial charge in [-0.2, -0.15) is 4.98 Å². The van der Waals surface area contributed by atoms with Crippen molar-refractivity contribution in [2.45, 2.75) is 32.7 Å². The molecule has 0 saturated heterocycles. The highest BCUT2D eigenvalue weighted by Gasteiger charge is 2.15. The summed E-state index contributed by atoms with van der Waals surface area (Å²) >= 11 is 0. The summed E-state index contributed by atoms with van der Waals surface area (Å²) in [7, 11) is 1.90. The van der Waals surface area contributed by atoms with Crippen LogP contribution in [-0.4, -0.2) is 17.2 Å². The van der Waals surface area contributed by atoms with E-state index >= 15 is 0 Å². The highest BCUT2D eigenvalue weighted by atomic mass is 16.5. The Hall–Kier alpha value is -1.68. The fraction of sp³-hybridized carbons (Fsp3) is 0.429. The maximum atomic E-state index is 5.30. The summed E-state index contributed by atoms with van der Waals surface area (Å²) in [4.78, 5) is 4.44. The molecule has 4 nitrogen and oxygen atoms in total. The van der Waals surface area contributed by atoms with Gasteiger partial charge in [-0.05, 0) is 25.5 Å². The summed E-state index contributed by atoms with van der Waals surface area (Å²) in [5.41, 5.74) is 2.30. The molecular formula is C14H19N3O. The first-order valence-electron chi connectivity index (χ1n) is 6.38. The minimum Gasteiger partial charge on any atom is -0.337 e. The van der Waals surface area contributed by atoms with Crippen molar-refractivity contribution in [2.75, 3.05) is 7.05 Å². The van der Waals surface area contributed by atoms with Crippen molar-refractivity contribution < 1.29 is 4.52 Å². The van der Waals surface area contributed by atoms with Crippen molar-refractivity contribution in [3.8, 4) is 11.4 Å². The molecule has 1 aromatic heterocycles. The molecule has 4 heteroatoms. The van der Waals surface area contributed by atoms with Crippen LogP contribution >= 0.6 is 0 Å². The Labute approximate surface area is 107 Å². The SMILES string of the molecule is CCc1ccc(-c2noc(C(CC)NC)n2)cc1. The quantitative estimate of drug-likeness (QED) is 0.879.